The predicted molar refractivity (Wildman–Crippen MR) is 223 cm³/mol. The van der Waals surface area contributed by atoms with Gasteiger partial charge in [0.15, 0.2) is 5.82 Å². The minimum atomic E-state index is 0.677. The van der Waals surface area contributed by atoms with Gasteiger partial charge in [0.25, 0.3) is 0 Å². The summed E-state index contributed by atoms with van der Waals surface area (Å²) in [5.74, 6) is 0.677. The van der Waals surface area contributed by atoms with Crippen LogP contribution < -0.4 is 0 Å². The third kappa shape index (κ3) is 5.76. The van der Waals surface area contributed by atoms with E-state index in [2.05, 4.69) is 158 Å². The molecule has 0 aliphatic heterocycles. The predicted octanol–water partition coefficient (Wildman–Crippen LogP) is 12.7. The summed E-state index contributed by atoms with van der Waals surface area (Å²) in [6.07, 6.45) is 0. The van der Waals surface area contributed by atoms with Gasteiger partial charge in [0.2, 0.25) is 0 Å². The van der Waals surface area contributed by atoms with E-state index >= 15 is 0 Å². The first-order valence-electron chi connectivity index (χ1n) is 18.1. The van der Waals surface area contributed by atoms with E-state index < -0.39 is 0 Å². The molecular formula is C50H32N4. The molecule has 0 aliphatic carbocycles. The summed E-state index contributed by atoms with van der Waals surface area (Å²) in [4.78, 5) is 21.0. The molecule has 0 saturated carbocycles. The molecule has 3 aromatic heterocycles. The quantitative estimate of drug-likeness (QED) is 0.163. The van der Waals surface area contributed by atoms with Crippen LogP contribution in [0.25, 0.3) is 100 Å². The van der Waals surface area contributed by atoms with Crippen LogP contribution in [0.15, 0.2) is 194 Å². The number of hydrogen-bond acceptors (Lipinski definition) is 4. The van der Waals surface area contributed by atoms with Gasteiger partial charge in [-0.2, -0.15) is 0 Å². The molecule has 0 aliphatic rings. The molecule has 0 amide bonds. The molecule has 4 heteroatoms. The lowest BCUT2D eigenvalue weighted by Gasteiger charge is -2.14. The van der Waals surface area contributed by atoms with Crippen molar-refractivity contribution in [2.75, 3.05) is 0 Å². The lowest BCUT2D eigenvalue weighted by molar-refractivity contribution is 1.18. The summed E-state index contributed by atoms with van der Waals surface area (Å²) in [5.41, 5.74) is 12.8. The van der Waals surface area contributed by atoms with Gasteiger partial charge in [0, 0.05) is 44.0 Å². The smallest absolute Gasteiger partial charge is 0.160 e. The summed E-state index contributed by atoms with van der Waals surface area (Å²) in [5, 5.41) is 4.30. The van der Waals surface area contributed by atoms with Gasteiger partial charge in [-0.05, 0) is 40.8 Å². The van der Waals surface area contributed by atoms with Crippen molar-refractivity contribution < 1.29 is 0 Å². The molecule has 10 aromatic rings. The fourth-order valence-electron chi connectivity index (χ4n) is 7.36. The molecule has 0 atom stereocenters. The van der Waals surface area contributed by atoms with Crippen molar-refractivity contribution in [2.45, 2.75) is 0 Å². The Bertz CT molecular complexity index is 2960. The van der Waals surface area contributed by atoms with Crippen molar-refractivity contribution in [3.8, 4) is 67.5 Å². The van der Waals surface area contributed by atoms with Crippen molar-refractivity contribution >= 4 is 32.6 Å². The number of fused-ring (bicyclic) bond motifs is 5. The van der Waals surface area contributed by atoms with Crippen LogP contribution >= 0.6 is 0 Å². The third-order valence-corrected chi connectivity index (χ3v) is 10.1. The van der Waals surface area contributed by atoms with Crippen molar-refractivity contribution in [1.29, 1.82) is 0 Å². The van der Waals surface area contributed by atoms with E-state index in [-0.39, 0.29) is 0 Å². The number of hydrogen-bond donors (Lipinski definition) is 0. The normalized spacial score (nSPS) is 11.3. The van der Waals surface area contributed by atoms with E-state index in [1.54, 1.807) is 0 Å². The zero-order valence-electron chi connectivity index (χ0n) is 29.3. The van der Waals surface area contributed by atoms with Crippen molar-refractivity contribution in [3.63, 3.8) is 0 Å². The number of rotatable bonds is 6. The Morgan fingerprint density at radius 2 is 0.852 bits per heavy atom. The lowest BCUT2D eigenvalue weighted by Crippen LogP contribution is -1.97. The maximum atomic E-state index is 5.44. The second kappa shape index (κ2) is 13.4. The Morgan fingerprint density at radius 3 is 1.56 bits per heavy atom. The van der Waals surface area contributed by atoms with Gasteiger partial charge in [-0.25, -0.2) is 19.9 Å². The fraction of sp³-hybridized carbons (Fsp3) is 0. The van der Waals surface area contributed by atoms with Gasteiger partial charge in [-0.15, -0.1) is 0 Å². The second-order valence-electron chi connectivity index (χ2n) is 13.5. The Labute approximate surface area is 313 Å². The van der Waals surface area contributed by atoms with Gasteiger partial charge >= 0.3 is 0 Å². The Morgan fingerprint density at radius 1 is 0.296 bits per heavy atom. The van der Waals surface area contributed by atoms with E-state index in [1.165, 1.54) is 5.56 Å². The highest BCUT2D eigenvalue weighted by atomic mass is 14.9. The number of aromatic nitrogens is 4. The van der Waals surface area contributed by atoms with Crippen LogP contribution in [-0.2, 0) is 0 Å². The van der Waals surface area contributed by atoms with Crippen LogP contribution in [0.5, 0.6) is 0 Å². The van der Waals surface area contributed by atoms with E-state index in [1.807, 2.05) is 36.4 Å². The van der Waals surface area contributed by atoms with Gasteiger partial charge in [0.05, 0.1) is 33.8 Å². The first kappa shape index (κ1) is 31.4. The number of pyridine rings is 2. The molecule has 0 radical (unpaired) electrons. The molecule has 0 fully saturated rings. The van der Waals surface area contributed by atoms with E-state index in [4.69, 9.17) is 19.9 Å². The van der Waals surface area contributed by atoms with Crippen LogP contribution in [0.3, 0.4) is 0 Å². The van der Waals surface area contributed by atoms with Crippen LogP contribution in [0.1, 0.15) is 0 Å². The van der Waals surface area contributed by atoms with Crippen molar-refractivity contribution in [1.82, 2.24) is 19.9 Å². The summed E-state index contributed by atoms with van der Waals surface area (Å²) >= 11 is 0. The average molecular weight is 689 g/mol. The molecule has 54 heavy (non-hydrogen) atoms. The number of benzene rings is 7. The maximum absolute atomic E-state index is 5.44. The highest BCUT2D eigenvalue weighted by molar-refractivity contribution is 6.20. The Balaban J connectivity index is 1.18. The fourth-order valence-corrected chi connectivity index (χ4v) is 7.36. The molecular weight excluding hydrogens is 657 g/mol. The first-order valence-corrected chi connectivity index (χ1v) is 18.1. The first-order chi connectivity index (χ1) is 26.7. The summed E-state index contributed by atoms with van der Waals surface area (Å²) < 4.78 is 0. The topological polar surface area (TPSA) is 51.6 Å². The molecule has 0 unspecified atom stereocenters. The second-order valence-corrected chi connectivity index (χ2v) is 13.5. The van der Waals surface area contributed by atoms with Crippen molar-refractivity contribution in [3.05, 3.63) is 194 Å². The summed E-state index contributed by atoms with van der Waals surface area (Å²) in [6, 6.07) is 67.3. The van der Waals surface area contributed by atoms with Gasteiger partial charge in [-0.1, -0.05) is 170 Å². The van der Waals surface area contributed by atoms with Crippen molar-refractivity contribution in [2.24, 2.45) is 0 Å². The zero-order chi connectivity index (χ0) is 35.8. The molecule has 0 spiro atoms. The van der Waals surface area contributed by atoms with Crippen LogP contribution in [0.2, 0.25) is 0 Å². The lowest BCUT2D eigenvalue weighted by atomic mass is 9.95. The summed E-state index contributed by atoms with van der Waals surface area (Å²) in [6.45, 7) is 0. The maximum Gasteiger partial charge on any atom is 0.160 e. The number of nitrogens with zero attached hydrogens (tertiary/aromatic N) is 4. The molecule has 7 aromatic carbocycles. The molecule has 10 rings (SSSR count). The average Bonchev–Trinajstić information content (AvgIpc) is 3.26. The molecule has 4 nitrogen and oxygen atoms in total. The molecule has 0 bridgehead atoms. The van der Waals surface area contributed by atoms with E-state index in [9.17, 15) is 0 Å². The van der Waals surface area contributed by atoms with Gasteiger partial charge in [0.1, 0.15) is 0 Å². The molecule has 3 heterocycles. The Hall–Kier alpha value is -7.30. The van der Waals surface area contributed by atoms with Crippen LogP contribution in [0.4, 0.5) is 0 Å². The van der Waals surface area contributed by atoms with Gasteiger partial charge < -0.3 is 0 Å². The Kier molecular flexibility index (Phi) is 7.77. The minimum absolute atomic E-state index is 0.677. The van der Waals surface area contributed by atoms with Crippen LogP contribution in [0, 0.1) is 0 Å². The zero-order valence-corrected chi connectivity index (χ0v) is 29.3. The highest BCUT2D eigenvalue weighted by Gasteiger charge is 2.17. The van der Waals surface area contributed by atoms with Crippen LogP contribution in [-0.4, -0.2) is 19.9 Å². The summed E-state index contributed by atoms with van der Waals surface area (Å²) in [7, 11) is 0. The SMILES string of the molecule is c1ccc(-c2cccc(-c3cc(-c4ccc5c(c4)nc(-c4ccccc4)c4c5ccc5ccc(-c6ccccc6)nc54)nc(-c4ccccc4)n3)c2)cc1. The van der Waals surface area contributed by atoms with E-state index in [0.717, 1.165) is 88.7 Å². The molecule has 0 saturated heterocycles. The third-order valence-electron chi connectivity index (χ3n) is 10.1. The molecule has 252 valence electrons. The van der Waals surface area contributed by atoms with E-state index in [0.29, 0.717) is 5.82 Å². The van der Waals surface area contributed by atoms with Gasteiger partial charge in [-0.3, -0.25) is 0 Å². The molecule has 0 N–H and O–H groups in total. The largest absolute Gasteiger partial charge is 0.247 e. The monoisotopic (exact) mass is 688 g/mol. The minimum Gasteiger partial charge on any atom is -0.247 e. The highest BCUT2D eigenvalue weighted by Crippen LogP contribution is 2.39. The standard InChI is InChI=1S/C50H32N4/c1-5-14-33(15-6-1)38-22-13-23-39(30-38)44-32-45(54-50(53-44)37-20-11-4-12-21-37)40-25-27-41-42-28-24-36-26-29-43(34-16-7-2-8-17-34)51-49(36)47(42)48(52-46(41)31-40)35-18-9-3-10-19-35/h1-32H.